The van der Waals surface area contributed by atoms with Crippen LogP contribution >= 0.6 is 0 Å². The molecule has 0 atom stereocenters. The van der Waals surface area contributed by atoms with Crippen LogP contribution in [-0.2, 0) is 4.79 Å². The summed E-state index contributed by atoms with van der Waals surface area (Å²) in [6, 6.07) is 6.93. The molecule has 3 nitrogen and oxygen atoms in total. The van der Waals surface area contributed by atoms with Crippen molar-refractivity contribution in [3.8, 4) is 0 Å². The summed E-state index contributed by atoms with van der Waals surface area (Å²) in [6.45, 7) is 2.03. The lowest BCUT2D eigenvalue weighted by molar-refractivity contribution is -0.118. The van der Waals surface area contributed by atoms with Crippen LogP contribution in [0.25, 0.3) is 17.0 Å². The molecule has 0 unspecified atom stereocenters. The van der Waals surface area contributed by atoms with E-state index >= 15 is 0 Å². The van der Waals surface area contributed by atoms with Crippen molar-refractivity contribution in [2.45, 2.75) is 13.3 Å². The van der Waals surface area contributed by atoms with E-state index in [0.29, 0.717) is 24.0 Å². The number of nitrogens with one attached hydrogen (secondary N) is 1. The minimum atomic E-state index is -0.290. The van der Waals surface area contributed by atoms with Crippen molar-refractivity contribution in [3.63, 3.8) is 0 Å². The molecule has 1 aromatic heterocycles. The largest absolute Gasteiger partial charge is 0.356 e. The van der Waals surface area contributed by atoms with Gasteiger partial charge in [-0.1, -0.05) is 18.2 Å². The van der Waals surface area contributed by atoms with E-state index in [4.69, 9.17) is 0 Å². The van der Waals surface area contributed by atoms with Crippen molar-refractivity contribution in [2.24, 2.45) is 0 Å². The number of hydrogen-bond donors (Lipinski definition) is 1. The van der Waals surface area contributed by atoms with Gasteiger partial charge in [-0.3, -0.25) is 9.78 Å². The smallest absolute Gasteiger partial charge is 0.216 e. The number of carbonyl (C=O) groups is 1. The topological polar surface area (TPSA) is 42.0 Å². The first kappa shape index (κ1) is 13.2. The average Bonchev–Trinajstić information content (AvgIpc) is 2.38. The van der Waals surface area contributed by atoms with Gasteiger partial charge in [0, 0.05) is 36.7 Å². The van der Waals surface area contributed by atoms with Crippen LogP contribution in [0.5, 0.6) is 0 Å². The van der Waals surface area contributed by atoms with Crippen LogP contribution in [0.15, 0.2) is 36.5 Å². The normalized spacial score (nSPS) is 11.1. The Hall–Kier alpha value is -2.23. The van der Waals surface area contributed by atoms with E-state index in [1.54, 1.807) is 18.3 Å². The second kappa shape index (κ2) is 6.09. The molecule has 0 radical (unpaired) electrons. The lowest BCUT2D eigenvalue weighted by Gasteiger charge is -2.01. The number of carbonyl (C=O) groups excluding carboxylic acids is 1. The molecule has 0 aliphatic rings. The number of fused-ring (bicyclic) bond motifs is 1. The summed E-state index contributed by atoms with van der Waals surface area (Å²) in [5.74, 6) is -0.349. The van der Waals surface area contributed by atoms with Crippen LogP contribution < -0.4 is 5.32 Å². The standard InChI is InChI=1S/C15H15FN2O/c1-11(19)17-7-3-2-5-12-9-13-6-4-8-18-15(13)10-14(12)16/h2,4-6,8-10H,3,7H2,1H3,(H,17,19). The maximum atomic E-state index is 13.8. The Morgan fingerprint density at radius 3 is 3.11 bits per heavy atom. The van der Waals surface area contributed by atoms with Gasteiger partial charge in [0.2, 0.25) is 5.91 Å². The highest BCUT2D eigenvalue weighted by Gasteiger charge is 2.02. The van der Waals surface area contributed by atoms with Gasteiger partial charge < -0.3 is 5.32 Å². The monoisotopic (exact) mass is 258 g/mol. The minimum Gasteiger partial charge on any atom is -0.356 e. The summed E-state index contributed by atoms with van der Waals surface area (Å²) >= 11 is 0. The predicted molar refractivity (Wildman–Crippen MR) is 74.0 cm³/mol. The van der Waals surface area contributed by atoms with E-state index in [1.807, 2.05) is 18.2 Å². The second-order valence-electron chi connectivity index (χ2n) is 4.24. The molecule has 0 saturated carbocycles. The summed E-state index contributed by atoms with van der Waals surface area (Å²) in [4.78, 5) is 14.8. The number of halogens is 1. The van der Waals surface area contributed by atoms with E-state index in [2.05, 4.69) is 10.3 Å². The molecule has 19 heavy (non-hydrogen) atoms. The van der Waals surface area contributed by atoms with Gasteiger partial charge in [0.1, 0.15) is 5.82 Å². The summed E-state index contributed by atoms with van der Waals surface area (Å²) in [6.07, 6.45) is 5.88. The molecule has 1 aromatic carbocycles. The minimum absolute atomic E-state index is 0.0589. The third-order valence-electron chi connectivity index (χ3n) is 2.70. The third-order valence-corrected chi connectivity index (χ3v) is 2.70. The molecule has 98 valence electrons. The highest BCUT2D eigenvalue weighted by Crippen LogP contribution is 2.18. The van der Waals surface area contributed by atoms with Crippen LogP contribution in [0.2, 0.25) is 0 Å². The highest BCUT2D eigenvalue weighted by molar-refractivity contribution is 5.81. The van der Waals surface area contributed by atoms with Crippen LogP contribution in [0, 0.1) is 5.82 Å². The van der Waals surface area contributed by atoms with Crippen LogP contribution in [-0.4, -0.2) is 17.4 Å². The third kappa shape index (κ3) is 3.61. The van der Waals surface area contributed by atoms with E-state index < -0.39 is 0 Å². The zero-order valence-electron chi connectivity index (χ0n) is 10.7. The molecule has 1 N–H and O–H groups in total. The Balaban J connectivity index is 2.09. The molecule has 2 aromatic rings. The average molecular weight is 258 g/mol. The first-order valence-corrected chi connectivity index (χ1v) is 6.12. The molecule has 1 heterocycles. The molecule has 0 aliphatic carbocycles. The highest BCUT2D eigenvalue weighted by atomic mass is 19.1. The molecule has 0 spiro atoms. The number of pyridine rings is 1. The zero-order chi connectivity index (χ0) is 13.7. The molecule has 0 fully saturated rings. The summed E-state index contributed by atoms with van der Waals surface area (Å²) in [5, 5.41) is 3.59. The van der Waals surface area contributed by atoms with Crippen molar-refractivity contribution in [2.75, 3.05) is 6.54 Å². The number of benzene rings is 1. The van der Waals surface area contributed by atoms with Gasteiger partial charge in [-0.05, 0) is 18.6 Å². The van der Waals surface area contributed by atoms with Gasteiger partial charge >= 0.3 is 0 Å². The van der Waals surface area contributed by atoms with Crippen LogP contribution in [0.1, 0.15) is 18.9 Å². The number of amides is 1. The fourth-order valence-electron chi connectivity index (χ4n) is 1.78. The van der Waals surface area contributed by atoms with E-state index in [-0.39, 0.29) is 11.7 Å². The Labute approximate surface area is 111 Å². The van der Waals surface area contributed by atoms with Crippen molar-refractivity contribution < 1.29 is 9.18 Å². The number of hydrogen-bond acceptors (Lipinski definition) is 2. The number of aromatic nitrogens is 1. The van der Waals surface area contributed by atoms with Crippen LogP contribution in [0.4, 0.5) is 4.39 Å². The number of nitrogens with zero attached hydrogens (tertiary/aromatic N) is 1. The second-order valence-corrected chi connectivity index (χ2v) is 4.24. The lowest BCUT2D eigenvalue weighted by Crippen LogP contribution is -2.20. The summed E-state index contributed by atoms with van der Waals surface area (Å²) in [5.41, 5.74) is 1.18. The van der Waals surface area contributed by atoms with Crippen molar-refractivity contribution in [1.82, 2.24) is 10.3 Å². The fourth-order valence-corrected chi connectivity index (χ4v) is 1.78. The predicted octanol–water partition coefficient (Wildman–Crippen LogP) is 2.91. The Kier molecular flexibility index (Phi) is 4.23. The van der Waals surface area contributed by atoms with E-state index in [9.17, 15) is 9.18 Å². The van der Waals surface area contributed by atoms with Crippen LogP contribution in [0.3, 0.4) is 0 Å². The summed E-state index contributed by atoms with van der Waals surface area (Å²) in [7, 11) is 0. The van der Waals surface area contributed by atoms with Gasteiger partial charge in [0.05, 0.1) is 5.52 Å². The summed E-state index contributed by atoms with van der Waals surface area (Å²) < 4.78 is 13.8. The van der Waals surface area contributed by atoms with Gasteiger partial charge in [-0.2, -0.15) is 0 Å². The fraction of sp³-hybridized carbons (Fsp3) is 0.200. The van der Waals surface area contributed by atoms with Crippen molar-refractivity contribution in [3.05, 3.63) is 47.9 Å². The Bertz CT molecular complexity index is 623. The maximum Gasteiger partial charge on any atom is 0.216 e. The SMILES string of the molecule is CC(=O)NCCC=Cc1cc2cccnc2cc1F. The van der Waals surface area contributed by atoms with E-state index in [1.165, 1.54) is 13.0 Å². The Morgan fingerprint density at radius 1 is 1.47 bits per heavy atom. The molecule has 2 rings (SSSR count). The molecule has 4 heteroatoms. The molecular weight excluding hydrogens is 243 g/mol. The molecule has 0 saturated heterocycles. The van der Waals surface area contributed by atoms with Gasteiger partial charge in [-0.15, -0.1) is 0 Å². The van der Waals surface area contributed by atoms with Crippen molar-refractivity contribution >= 4 is 22.9 Å². The van der Waals surface area contributed by atoms with Gasteiger partial charge in [0.15, 0.2) is 0 Å². The first-order valence-electron chi connectivity index (χ1n) is 6.12. The first-order chi connectivity index (χ1) is 9.16. The van der Waals surface area contributed by atoms with Crippen molar-refractivity contribution in [1.29, 1.82) is 0 Å². The zero-order valence-corrected chi connectivity index (χ0v) is 10.7. The van der Waals surface area contributed by atoms with Gasteiger partial charge in [0.25, 0.3) is 0 Å². The van der Waals surface area contributed by atoms with E-state index in [0.717, 1.165) is 5.39 Å². The lowest BCUT2D eigenvalue weighted by atomic mass is 10.1. The maximum absolute atomic E-state index is 13.8. The quantitative estimate of drug-likeness (QED) is 0.857. The molecule has 1 amide bonds. The molecular formula is C15H15FN2O. The molecule has 0 aliphatic heterocycles. The van der Waals surface area contributed by atoms with Gasteiger partial charge in [-0.25, -0.2) is 4.39 Å². The number of rotatable bonds is 4. The molecule has 0 bridgehead atoms. The Morgan fingerprint density at radius 2 is 2.32 bits per heavy atom.